The predicted octanol–water partition coefficient (Wildman–Crippen LogP) is 2.14. The van der Waals surface area contributed by atoms with Crippen molar-refractivity contribution in [1.82, 2.24) is 9.21 Å². The van der Waals surface area contributed by atoms with E-state index >= 15 is 0 Å². The van der Waals surface area contributed by atoms with Crippen LogP contribution in [0.1, 0.15) is 32.1 Å². The number of nitrogens with zero attached hydrogens (tertiary/aromatic N) is 2. The zero-order valence-electron chi connectivity index (χ0n) is 14.1. The van der Waals surface area contributed by atoms with Crippen LogP contribution in [0.25, 0.3) is 0 Å². The molecule has 1 heterocycles. The molecule has 0 unspecified atom stereocenters. The van der Waals surface area contributed by atoms with Gasteiger partial charge in [-0.1, -0.05) is 43.9 Å². The monoisotopic (exact) mass is 350 g/mol. The molecule has 24 heavy (non-hydrogen) atoms. The molecule has 0 atom stereocenters. The lowest BCUT2D eigenvalue weighted by atomic mass is 10.0. The standard InChI is InChI=1S/C18H26N2O3S/c21-17(14-16-6-4-5-7-16)15-19-10-12-20(13-11-19)24(22,23)18-8-2-1-3-9-18/h1-3,8-9,16H,4-7,10-15H2. The van der Waals surface area contributed by atoms with Crippen LogP contribution >= 0.6 is 0 Å². The van der Waals surface area contributed by atoms with Gasteiger partial charge in [0.15, 0.2) is 0 Å². The predicted molar refractivity (Wildman–Crippen MR) is 93.2 cm³/mol. The molecule has 0 bridgehead atoms. The van der Waals surface area contributed by atoms with E-state index < -0.39 is 10.0 Å². The third-order valence-electron chi connectivity index (χ3n) is 5.10. The summed E-state index contributed by atoms with van der Waals surface area (Å²) in [5.74, 6) is 0.888. The lowest BCUT2D eigenvalue weighted by molar-refractivity contribution is -0.121. The summed E-state index contributed by atoms with van der Waals surface area (Å²) >= 11 is 0. The second-order valence-corrected chi connectivity index (χ2v) is 8.82. The minimum Gasteiger partial charge on any atom is -0.298 e. The Balaban J connectivity index is 1.49. The van der Waals surface area contributed by atoms with E-state index in [0.29, 0.717) is 55.7 Å². The number of piperazine rings is 1. The van der Waals surface area contributed by atoms with Crippen LogP contribution in [-0.2, 0) is 14.8 Å². The average Bonchev–Trinajstić information content (AvgIpc) is 3.09. The third-order valence-corrected chi connectivity index (χ3v) is 7.02. The Morgan fingerprint density at radius 2 is 1.62 bits per heavy atom. The molecule has 0 radical (unpaired) electrons. The second kappa shape index (κ2) is 7.76. The van der Waals surface area contributed by atoms with E-state index in [1.165, 1.54) is 30.0 Å². The Morgan fingerprint density at radius 1 is 1.00 bits per heavy atom. The fourth-order valence-electron chi connectivity index (χ4n) is 3.72. The Labute approximate surface area is 144 Å². The van der Waals surface area contributed by atoms with Crippen molar-refractivity contribution in [3.63, 3.8) is 0 Å². The Kier molecular flexibility index (Phi) is 5.69. The van der Waals surface area contributed by atoms with Crippen LogP contribution in [0.15, 0.2) is 35.2 Å². The Bertz CT molecular complexity index is 646. The first kappa shape index (κ1) is 17.6. The number of ketones is 1. The number of sulfonamides is 1. The first-order chi connectivity index (χ1) is 11.6. The summed E-state index contributed by atoms with van der Waals surface area (Å²) in [6, 6.07) is 8.56. The average molecular weight is 350 g/mol. The van der Waals surface area contributed by atoms with Crippen LogP contribution in [0.2, 0.25) is 0 Å². The van der Waals surface area contributed by atoms with Crippen molar-refractivity contribution >= 4 is 15.8 Å². The van der Waals surface area contributed by atoms with Crippen molar-refractivity contribution in [1.29, 1.82) is 0 Å². The first-order valence-electron chi connectivity index (χ1n) is 8.85. The molecule has 3 rings (SSSR count). The second-order valence-electron chi connectivity index (χ2n) is 6.89. The van der Waals surface area contributed by atoms with Gasteiger partial charge < -0.3 is 0 Å². The fraction of sp³-hybridized carbons (Fsp3) is 0.611. The van der Waals surface area contributed by atoms with Crippen molar-refractivity contribution in [2.24, 2.45) is 5.92 Å². The van der Waals surface area contributed by atoms with Crippen molar-refractivity contribution in [3.8, 4) is 0 Å². The van der Waals surface area contributed by atoms with Gasteiger partial charge in [-0.2, -0.15) is 4.31 Å². The van der Waals surface area contributed by atoms with E-state index in [-0.39, 0.29) is 0 Å². The summed E-state index contributed by atoms with van der Waals surface area (Å²) in [4.78, 5) is 14.6. The molecule has 5 nitrogen and oxygen atoms in total. The topological polar surface area (TPSA) is 57.7 Å². The molecule has 0 aromatic heterocycles. The maximum atomic E-state index is 12.6. The van der Waals surface area contributed by atoms with Gasteiger partial charge in [-0.3, -0.25) is 9.69 Å². The molecular formula is C18H26N2O3S. The molecule has 1 saturated heterocycles. The van der Waals surface area contributed by atoms with Crippen LogP contribution in [0.4, 0.5) is 0 Å². The van der Waals surface area contributed by atoms with Gasteiger partial charge >= 0.3 is 0 Å². The molecule has 0 spiro atoms. The van der Waals surface area contributed by atoms with Crippen LogP contribution in [0.3, 0.4) is 0 Å². The normalized spacial score (nSPS) is 21.2. The minimum absolute atomic E-state index is 0.307. The van der Waals surface area contributed by atoms with Gasteiger partial charge in [0, 0.05) is 32.6 Å². The van der Waals surface area contributed by atoms with Gasteiger partial charge in [0.1, 0.15) is 5.78 Å². The molecule has 1 aliphatic carbocycles. The Hall–Kier alpha value is -1.24. The van der Waals surface area contributed by atoms with Gasteiger partial charge in [-0.15, -0.1) is 0 Å². The van der Waals surface area contributed by atoms with Gasteiger partial charge in [-0.25, -0.2) is 8.42 Å². The maximum absolute atomic E-state index is 12.6. The molecule has 0 amide bonds. The number of rotatable bonds is 6. The third kappa shape index (κ3) is 4.23. The molecule has 0 N–H and O–H groups in total. The largest absolute Gasteiger partial charge is 0.298 e. The summed E-state index contributed by atoms with van der Waals surface area (Å²) in [7, 11) is -3.41. The number of hydrogen-bond donors (Lipinski definition) is 0. The summed E-state index contributed by atoms with van der Waals surface area (Å²) in [6.07, 6.45) is 5.59. The zero-order valence-corrected chi connectivity index (χ0v) is 14.9. The van der Waals surface area contributed by atoms with Crippen LogP contribution in [-0.4, -0.2) is 56.1 Å². The van der Waals surface area contributed by atoms with E-state index in [2.05, 4.69) is 4.90 Å². The van der Waals surface area contributed by atoms with Gasteiger partial charge in [0.25, 0.3) is 0 Å². The number of Topliss-reactive ketones (excluding diaryl/α,β-unsaturated/α-hetero) is 1. The summed E-state index contributed by atoms with van der Waals surface area (Å²) < 4.78 is 26.7. The number of hydrogen-bond acceptors (Lipinski definition) is 4. The lowest BCUT2D eigenvalue weighted by Crippen LogP contribution is -2.49. The molecule has 2 fully saturated rings. The van der Waals surface area contributed by atoms with Crippen LogP contribution < -0.4 is 0 Å². The molecule has 2 aliphatic rings. The van der Waals surface area contributed by atoms with E-state index in [1.54, 1.807) is 24.3 Å². The maximum Gasteiger partial charge on any atom is 0.243 e. The molecular weight excluding hydrogens is 324 g/mol. The molecule has 132 valence electrons. The number of carbonyl (C=O) groups is 1. The highest BCUT2D eigenvalue weighted by atomic mass is 32.2. The quantitative estimate of drug-likeness (QED) is 0.789. The highest BCUT2D eigenvalue weighted by Crippen LogP contribution is 2.27. The SMILES string of the molecule is O=C(CC1CCCC1)CN1CCN(S(=O)(=O)c2ccccc2)CC1. The van der Waals surface area contributed by atoms with Crippen LogP contribution in [0.5, 0.6) is 0 Å². The number of carbonyl (C=O) groups excluding carboxylic acids is 1. The highest BCUT2D eigenvalue weighted by Gasteiger charge is 2.29. The molecule has 1 aromatic rings. The van der Waals surface area contributed by atoms with Crippen molar-refractivity contribution in [2.45, 2.75) is 37.0 Å². The van der Waals surface area contributed by atoms with Gasteiger partial charge in [0.2, 0.25) is 10.0 Å². The highest BCUT2D eigenvalue weighted by molar-refractivity contribution is 7.89. The lowest BCUT2D eigenvalue weighted by Gasteiger charge is -2.33. The zero-order chi connectivity index (χ0) is 17.0. The number of benzene rings is 1. The molecule has 1 saturated carbocycles. The van der Waals surface area contributed by atoms with E-state index in [4.69, 9.17) is 0 Å². The summed E-state index contributed by atoms with van der Waals surface area (Å²) in [6.45, 7) is 2.63. The fourth-order valence-corrected chi connectivity index (χ4v) is 5.16. The van der Waals surface area contributed by atoms with Crippen molar-refractivity contribution < 1.29 is 13.2 Å². The van der Waals surface area contributed by atoms with E-state index in [0.717, 1.165) is 0 Å². The van der Waals surface area contributed by atoms with Gasteiger partial charge in [0.05, 0.1) is 11.4 Å². The van der Waals surface area contributed by atoms with E-state index in [9.17, 15) is 13.2 Å². The molecule has 1 aliphatic heterocycles. The molecule has 1 aromatic carbocycles. The molecule has 6 heteroatoms. The van der Waals surface area contributed by atoms with E-state index in [1.807, 2.05) is 6.07 Å². The summed E-state index contributed by atoms with van der Waals surface area (Å²) in [5.41, 5.74) is 0. The minimum atomic E-state index is -3.41. The van der Waals surface area contributed by atoms with Crippen molar-refractivity contribution in [2.75, 3.05) is 32.7 Å². The first-order valence-corrected chi connectivity index (χ1v) is 10.3. The van der Waals surface area contributed by atoms with Crippen LogP contribution in [0, 0.1) is 5.92 Å². The van der Waals surface area contributed by atoms with Gasteiger partial charge in [-0.05, 0) is 18.1 Å². The Morgan fingerprint density at radius 3 is 2.25 bits per heavy atom. The summed E-state index contributed by atoms with van der Waals surface area (Å²) in [5, 5.41) is 0. The smallest absolute Gasteiger partial charge is 0.243 e. The van der Waals surface area contributed by atoms with Crippen molar-refractivity contribution in [3.05, 3.63) is 30.3 Å².